The number of aryl methyl sites for hydroxylation is 2. The van der Waals surface area contributed by atoms with Crippen LogP contribution < -0.4 is 5.32 Å². The van der Waals surface area contributed by atoms with E-state index in [1.807, 2.05) is 13.8 Å². The Balaban J connectivity index is 2.00. The molecule has 0 aliphatic heterocycles. The second kappa shape index (κ2) is 5.96. The first-order chi connectivity index (χ1) is 9.47. The van der Waals surface area contributed by atoms with E-state index in [4.69, 9.17) is 16.1 Å². The molecule has 0 saturated carbocycles. The molecule has 0 bridgehead atoms. The fraction of sp³-hybridized carbons (Fsp3) is 0.286. The normalized spacial score (nSPS) is 10.4. The second-order valence-corrected chi connectivity index (χ2v) is 5.03. The van der Waals surface area contributed by atoms with Gasteiger partial charge in [-0.15, -0.1) is 0 Å². The highest BCUT2D eigenvalue weighted by atomic mass is 35.5. The molecule has 5 nitrogen and oxygen atoms in total. The minimum absolute atomic E-state index is 0.202. The summed E-state index contributed by atoms with van der Waals surface area (Å²) in [6.45, 7) is 4.14. The highest BCUT2D eigenvalue weighted by Gasteiger charge is 2.15. The summed E-state index contributed by atoms with van der Waals surface area (Å²) in [5.74, 6) is 0.730. The number of amides is 2. The van der Waals surface area contributed by atoms with Gasteiger partial charge in [0.1, 0.15) is 5.76 Å². The molecule has 0 spiro atoms. The van der Waals surface area contributed by atoms with Gasteiger partial charge >= 0.3 is 6.03 Å². The van der Waals surface area contributed by atoms with E-state index in [1.54, 1.807) is 36.2 Å². The SMILES string of the molecule is Cc1noc(C)c1CN(C)C(=O)Nc1ccc(Cl)cc1. The van der Waals surface area contributed by atoms with Gasteiger partial charge in [0.25, 0.3) is 0 Å². The Bertz CT molecular complexity index is 588. The van der Waals surface area contributed by atoms with Crippen LogP contribution in [0.4, 0.5) is 10.5 Å². The molecule has 20 heavy (non-hydrogen) atoms. The van der Waals surface area contributed by atoms with Gasteiger partial charge in [0.05, 0.1) is 12.2 Å². The predicted molar refractivity (Wildman–Crippen MR) is 77.9 cm³/mol. The third-order valence-electron chi connectivity index (χ3n) is 3.02. The van der Waals surface area contributed by atoms with Crippen molar-refractivity contribution in [1.29, 1.82) is 0 Å². The predicted octanol–water partition coefficient (Wildman–Crippen LogP) is 3.61. The fourth-order valence-electron chi connectivity index (χ4n) is 1.79. The van der Waals surface area contributed by atoms with Gasteiger partial charge in [-0.25, -0.2) is 4.79 Å². The van der Waals surface area contributed by atoms with Crippen LogP contribution in [0.15, 0.2) is 28.8 Å². The standard InChI is InChI=1S/C14H16ClN3O2/c1-9-13(10(2)20-17-9)8-18(3)14(19)16-12-6-4-11(15)5-7-12/h4-7H,8H2,1-3H3,(H,16,19). The molecule has 1 aromatic carbocycles. The van der Waals surface area contributed by atoms with E-state index in [0.29, 0.717) is 17.3 Å². The molecular weight excluding hydrogens is 278 g/mol. The Kier molecular flexibility index (Phi) is 4.29. The number of anilines is 1. The first-order valence-electron chi connectivity index (χ1n) is 6.17. The molecule has 0 unspecified atom stereocenters. The lowest BCUT2D eigenvalue weighted by atomic mass is 10.2. The Morgan fingerprint density at radius 2 is 2.00 bits per heavy atom. The van der Waals surface area contributed by atoms with Crippen LogP contribution in [0.1, 0.15) is 17.0 Å². The number of aromatic nitrogens is 1. The van der Waals surface area contributed by atoms with Gasteiger partial charge in [-0.1, -0.05) is 16.8 Å². The van der Waals surface area contributed by atoms with E-state index >= 15 is 0 Å². The zero-order valence-corrected chi connectivity index (χ0v) is 12.4. The molecule has 0 saturated heterocycles. The van der Waals surface area contributed by atoms with E-state index in [0.717, 1.165) is 17.0 Å². The van der Waals surface area contributed by atoms with Crippen LogP contribution in [0.25, 0.3) is 0 Å². The summed E-state index contributed by atoms with van der Waals surface area (Å²) in [6, 6.07) is 6.76. The topological polar surface area (TPSA) is 58.4 Å². The maximum absolute atomic E-state index is 12.1. The van der Waals surface area contributed by atoms with E-state index in [1.165, 1.54) is 0 Å². The van der Waals surface area contributed by atoms with Crippen molar-refractivity contribution in [1.82, 2.24) is 10.1 Å². The maximum Gasteiger partial charge on any atom is 0.321 e. The summed E-state index contributed by atoms with van der Waals surface area (Å²) in [5.41, 5.74) is 2.43. The summed E-state index contributed by atoms with van der Waals surface area (Å²) in [5, 5.41) is 7.30. The summed E-state index contributed by atoms with van der Waals surface area (Å²) in [7, 11) is 1.72. The van der Waals surface area contributed by atoms with Crippen LogP contribution in [0.2, 0.25) is 5.02 Å². The molecule has 0 aliphatic rings. The highest BCUT2D eigenvalue weighted by Crippen LogP contribution is 2.16. The lowest BCUT2D eigenvalue weighted by Crippen LogP contribution is -2.31. The molecule has 1 heterocycles. The summed E-state index contributed by atoms with van der Waals surface area (Å²) in [4.78, 5) is 13.6. The summed E-state index contributed by atoms with van der Waals surface area (Å²) < 4.78 is 5.08. The van der Waals surface area contributed by atoms with E-state index in [2.05, 4.69) is 10.5 Å². The molecule has 2 aromatic rings. The van der Waals surface area contributed by atoms with Crippen molar-refractivity contribution in [2.24, 2.45) is 0 Å². The molecule has 6 heteroatoms. The Morgan fingerprint density at radius 1 is 1.35 bits per heavy atom. The second-order valence-electron chi connectivity index (χ2n) is 4.60. The third kappa shape index (κ3) is 3.30. The summed E-state index contributed by atoms with van der Waals surface area (Å²) >= 11 is 5.80. The van der Waals surface area contributed by atoms with E-state index < -0.39 is 0 Å². The average molecular weight is 294 g/mol. The quantitative estimate of drug-likeness (QED) is 0.940. The minimum atomic E-state index is -0.202. The highest BCUT2D eigenvalue weighted by molar-refractivity contribution is 6.30. The molecule has 1 aromatic heterocycles. The Hall–Kier alpha value is -2.01. The first-order valence-corrected chi connectivity index (χ1v) is 6.54. The zero-order chi connectivity index (χ0) is 14.7. The van der Waals surface area contributed by atoms with Crippen molar-refractivity contribution in [3.05, 3.63) is 46.3 Å². The molecule has 0 radical (unpaired) electrons. The fourth-order valence-corrected chi connectivity index (χ4v) is 1.91. The largest absolute Gasteiger partial charge is 0.361 e. The van der Waals surface area contributed by atoms with Crippen LogP contribution in [0.5, 0.6) is 0 Å². The number of carbonyl (C=O) groups is 1. The number of carbonyl (C=O) groups excluding carboxylic acids is 1. The van der Waals surface area contributed by atoms with Crippen LogP contribution >= 0.6 is 11.6 Å². The van der Waals surface area contributed by atoms with Gasteiger partial charge < -0.3 is 14.7 Å². The molecule has 2 rings (SSSR count). The maximum atomic E-state index is 12.1. The average Bonchev–Trinajstić information content (AvgIpc) is 2.73. The van der Waals surface area contributed by atoms with Crippen molar-refractivity contribution < 1.29 is 9.32 Å². The van der Waals surface area contributed by atoms with Crippen molar-refractivity contribution in [3.63, 3.8) is 0 Å². The lowest BCUT2D eigenvalue weighted by Gasteiger charge is -2.17. The molecule has 0 aliphatic carbocycles. The molecule has 0 atom stereocenters. The van der Waals surface area contributed by atoms with Crippen molar-refractivity contribution >= 4 is 23.3 Å². The molecule has 1 N–H and O–H groups in total. The monoisotopic (exact) mass is 293 g/mol. The number of benzene rings is 1. The number of nitrogens with one attached hydrogen (secondary N) is 1. The van der Waals surface area contributed by atoms with Gasteiger partial charge in [-0.2, -0.15) is 0 Å². The number of rotatable bonds is 3. The van der Waals surface area contributed by atoms with Crippen molar-refractivity contribution in [2.75, 3.05) is 12.4 Å². The molecular formula is C14H16ClN3O2. The molecule has 106 valence electrons. The Morgan fingerprint density at radius 3 is 2.55 bits per heavy atom. The number of hydrogen-bond donors (Lipinski definition) is 1. The van der Waals surface area contributed by atoms with Gasteiger partial charge in [0.15, 0.2) is 0 Å². The number of halogens is 1. The zero-order valence-electron chi connectivity index (χ0n) is 11.6. The van der Waals surface area contributed by atoms with Gasteiger partial charge in [-0.05, 0) is 38.1 Å². The molecule has 0 fully saturated rings. The van der Waals surface area contributed by atoms with Crippen LogP contribution in [0, 0.1) is 13.8 Å². The van der Waals surface area contributed by atoms with Crippen LogP contribution in [0.3, 0.4) is 0 Å². The lowest BCUT2D eigenvalue weighted by molar-refractivity contribution is 0.220. The molecule has 2 amide bonds. The first kappa shape index (κ1) is 14.4. The number of nitrogens with zero attached hydrogens (tertiary/aromatic N) is 2. The Labute approximate surface area is 122 Å². The van der Waals surface area contributed by atoms with Gasteiger partial charge in [-0.3, -0.25) is 0 Å². The van der Waals surface area contributed by atoms with E-state index in [-0.39, 0.29) is 6.03 Å². The van der Waals surface area contributed by atoms with Crippen LogP contribution in [-0.4, -0.2) is 23.1 Å². The van der Waals surface area contributed by atoms with Crippen molar-refractivity contribution in [2.45, 2.75) is 20.4 Å². The minimum Gasteiger partial charge on any atom is -0.361 e. The van der Waals surface area contributed by atoms with Crippen molar-refractivity contribution in [3.8, 4) is 0 Å². The van der Waals surface area contributed by atoms with Crippen LogP contribution in [-0.2, 0) is 6.54 Å². The number of urea groups is 1. The number of hydrogen-bond acceptors (Lipinski definition) is 3. The van der Waals surface area contributed by atoms with Gasteiger partial charge in [0, 0.05) is 23.3 Å². The third-order valence-corrected chi connectivity index (χ3v) is 3.27. The van der Waals surface area contributed by atoms with Gasteiger partial charge in [0.2, 0.25) is 0 Å². The van der Waals surface area contributed by atoms with E-state index in [9.17, 15) is 4.79 Å². The summed E-state index contributed by atoms with van der Waals surface area (Å²) in [6.07, 6.45) is 0. The smallest absolute Gasteiger partial charge is 0.321 e.